The lowest BCUT2D eigenvalue weighted by molar-refractivity contribution is 0.357. The standard InChI is InChI=1S/C24H39N3/c1-9-10-11-20(23(3,4)5)14-17(2)18-12-13-19(15-18)21-16-22(25)27(26-21)24(6,7)8/h10-11,14,16,18-19H,2,9,12-13,15,25H2,1,3-8H3/b11-10+,20-14+. The van der Waals surface area contributed by atoms with Crippen LogP contribution in [-0.4, -0.2) is 9.78 Å². The number of allylic oxidation sites excluding steroid dienone is 5. The largest absolute Gasteiger partial charge is 0.384 e. The quantitative estimate of drug-likeness (QED) is 0.594. The number of nitrogens with zero attached hydrogens (tertiary/aromatic N) is 2. The summed E-state index contributed by atoms with van der Waals surface area (Å²) in [5.41, 5.74) is 10.0. The van der Waals surface area contributed by atoms with Crippen LogP contribution in [0.3, 0.4) is 0 Å². The molecule has 0 spiro atoms. The number of hydrogen-bond acceptors (Lipinski definition) is 2. The van der Waals surface area contributed by atoms with Gasteiger partial charge in [-0.1, -0.05) is 58.1 Å². The van der Waals surface area contributed by atoms with Gasteiger partial charge in [-0.3, -0.25) is 0 Å². The van der Waals surface area contributed by atoms with E-state index in [9.17, 15) is 0 Å². The molecule has 1 heterocycles. The minimum absolute atomic E-state index is 0.0834. The molecular formula is C24H39N3. The topological polar surface area (TPSA) is 43.8 Å². The summed E-state index contributed by atoms with van der Waals surface area (Å²) in [6, 6.07) is 2.07. The summed E-state index contributed by atoms with van der Waals surface area (Å²) in [4.78, 5) is 0. The summed E-state index contributed by atoms with van der Waals surface area (Å²) in [5.74, 6) is 1.78. The Morgan fingerprint density at radius 2 is 1.93 bits per heavy atom. The molecule has 0 aromatic carbocycles. The highest BCUT2D eigenvalue weighted by Crippen LogP contribution is 2.42. The molecule has 1 aliphatic rings. The molecule has 2 unspecified atom stereocenters. The highest BCUT2D eigenvalue weighted by Gasteiger charge is 2.30. The molecule has 0 radical (unpaired) electrons. The van der Waals surface area contributed by atoms with Crippen LogP contribution in [0.25, 0.3) is 0 Å². The second-order valence-electron chi connectivity index (χ2n) is 10.0. The first-order chi connectivity index (χ1) is 12.4. The van der Waals surface area contributed by atoms with Crippen molar-refractivity contribution in [1.82, 2.24) is 9.78 Å². The van der Waals surface area contributed by atoms with Crippen LogP contribution in [0.1, 0.15) is 85.8 Å². The summed E-state index contributed by atoms with van der Waals surface area (Å²) in [5, 5.41) is 4.83. The lowest BCUT2D eigenvalue weighted by Crippen LogP contribution is -2.24. The third-order valence-corrected chi connectivity index (χ3v) is 5.51. The van der Waals surface area contributed by atoms with E-state index in [1.807, 2.05) is 4.68 Å². The van der Waals surface area contributed by atoms with Gasteiger partial charge < -0.3 is 5.73 Å². The van der Waals surface area contributed by atoms with Crippen molar-refractivity contribution in [2.45, 2.75) is 85.6 Å². The maximum absolute atomic E-state index is 6.22. The lowest BCUT2D eigenvalue weighted by atomic mass is 9.83. The monoisotopic (exact) mass is 369 g/mol. The van der Waals surface area contributed by atoms with Gasteiger partial charge in [0.05, 0.1) is 11.2 Å². The zero-order chi connectivity index (χ0) is 20.4. The van der Waals surface area contributed by atoms with Gasteiger partial charge in [0.1, 0.15) is 5.82 Å². The predicted octanol–water partition coefficient (Wildman–Crippen LogP) is 6.60. The van der Waals surface area contributed by atoms with E-state index in [-0.39, 0.29) is 11.0 Å². The molecule has 1 aromatic heterocycles. The van der Waals surface area contributed by atoms with E-state index < -0.39 is 0 Å². The van der Waals surface area contributed by atoms with Gasteiger partial charge in [-0.05, 0) is 63.4 Å². The summed E-state index contributed by atoms with van der Waals surface area (Å²) in [6.45, 7) is 19.8. The van der Waals surface area contributed by atoms with Crippen molar-refractivity contribution in [2.24, 2.45) is 11.3 Å². The smallest absolute Gasteiger partial charge is 0.122 e. The van der Waals surface area contributed by atoms with Crippen LogP contribution >= 0.6 is 0 Å². The molecule has 2 atom stereocenters. The minimum Gasteiger partial charge on any atom is -0.384 e. The van der Waals surface area contributed by atoms with Crippen molar-refractivity contribution in [3.63, 3.8) is 0 Å². The Morgan fingerprint density at radius 3 is 2.44 bits per heavy atom. The van der Waals surface area contributed by atoms with Crippen molar-refractivity contribution in [3.8, 4) is 0 Å². The van der Waals surface area contributed by atoms with Crippen LogP contribution in [0, 0.1) is 11.3 Å². The second kappa shape index (κ2) is 8.08. The van der Waals surface area contributed by atoms with E-state index in [2.05, 4.69) is 79.3 Å². The molecule has 0 bridgehead atoms. The van der Waals surface area contributed by atoms with Gasteiger partial charge in [0, 0.05) is 12.0 Å². The molecule has 2 rings (SSSR count). The van der Waals surface area contributed by atoms with Crippen LogP contribution in [0.5, 0.6) is 0 Å². The zero-order valence-electron chi connectivity index (χ0n) is 18.5. The summed E-state index contributed by atoms with van der Waals surface area (Å²) >= 11 is 0. The second-order valence-corrected chi connectivity index (χ2v) is 10.0. The Kier molecular flexibility index (Phi) is 6.44. The van der Waals surface area contributed by atoms with Gasteiger partial charge >= 0.3 is 0 Å². The van der Waals surface area contributed by atoms with Crippen LogP contribution in [0.15, 0.2) is 42.0 Å². The Labute approximate surface area is 166 Å². The first-order valence-electron chi connectivity index (χ1n) is 10.4. The van der Waals surface area contributed by atoms with Gasteiger partial charge in [-0.15, -0.1) is 0 Å². The van der Waals surface area contributed by atoms with Crippen molar-refractivity contribution in [2.75, 3.05) is 5.73 Å². The molecule has 150 valence electrons. The third kappa shape index (κ3) is 5.37. The number of aromatic nitrogens is 2. The average molecular weight is 370 g/mol. The van der Waals surface area contributed by atoms with Crippen molar-refractivity contribution in [1.29, 1.82) is 0 Å². The highest BCUT2D eigenvalue weighted by molar-refractivity contribution is 5.36. The normalized spacial score (nSPS) is 22.0. The Hall–Kier alpha value is -1.77. The molecule has 1 saturated carbocycles. The Balaban J connectivity index is 2.14. The van der Waals surface area contributed by atoms with Gasteiger partial charge in [0.15, 0.2) is 0 Å². The van der Waals surface area contributed by atoms with Crippen LogP contribution < -0.4 is 5.73 Å². The fourth-order valence-corrected chi connectivity index (χ4v) is 3.82. The van der Waals surface area contributed by atoms with Crippen molar-refractivity contribution >= 4 is 5.82 Å². The van der Waals surface area contributed by atoms with Gasteiger partial charge in [-0.25, -0.2) is 4.68 Å². The molecule has 0 amide bonds. The first kappa shape index (κ1) is 21.5. The molecular weight excluding hydrogens is 330 g/mol. The molecule has 27 heavy (non-hydrogen) atoms. The Morgan fingerprint density at radius 1 is 1.26 bits per heavy atom. The van der Waals surface area contributed by atoms with Crippen LogP contribution in [0.2, 0.25) is 0 Å². The zero-order valence-corrected chi connectivity index (χ0v) is 18.5. The van der Waals surface area contributed by atoms with Gasteiger partial charge in [0.25, 0.3) is 0 Å². The van der Waals surface area contributed by atoms with E-state index in [4.69, 9.17) is 10.8 Å². The third-order valence-electron chi connectivity index (χ3n) is 5.51. The molecule has 1 aliphatic carbocycles. The average Bonchev–Trinajstić information content (AvgIpc) is 3.16. The first-order valence-corrected chi connectivity index (χ1v) is 10.4. The van der Waals surface area contributed by atoms with E-state index in [0.29, 0.717) is 11.8 Å². The summed E-state index contributed by atoms with van der Waals surface area (Å²) in [7, 11) is 0. The maximum atomic E-state index is 6.22. The van der Waals surface area contributed by atoms with E-state index in [1.165, 1.54) is 17.6 Å². The fourth-order valence-electron chi connectivity index (χ4n) is 3.82. The number of hydrogen-bond donors (Lipinski definition) is 1. The molecule has 3 nitrogen and oxygen atoms in total. The van der Waals surface area contributed by atoms with Gasteiger partial charge in [-0.2, -0.15) is 5.10 Å². The number of nitrogen functional groups attached to an aromatic ring is 1. The highest BCUT2D eigenvalue weighted by atomic mass is 15.3. The molecule has 3 heteroatoms. The number of rotatable bonds is 5. The Bertz CT molecular complexity index is 720. The molecule has 0 saturated heterocycles. The summed E-state index contributed by atoms with van der Waals surface area (Å²) < 4.78 is 1.96. The number of nitrogens with two attached hydrogens (primary N) is 1. The lowest BCUT2D eigenvalue weighted by Gasteiger charge is -2.22. The van der Waals surface area contributed by atoms with E-state index >= 15 is 0 Å². The summed E-state index contributed by atoms with van der Waals surface area (Å²) in [6.07, 6.45) is 11.3. The van der Waals surface area contributed by atoms with Crippen molar-refractivity contribution < 1.29 is 0 Å². The van der Waals surface area contributed by atoms with Gasteiger partial charge in [0.2, 0.25) is 0 Å². The maximum Gasteiger partial charge on any atom is 0.122 e. The molecule has 2 N–H and O–H groups in total. The number of anilines is 1. The van der Waals surface area contributed by atoms with Crippen molar-refractivity contribution in [3.05, 3.63) is 47.7 Å². The SMILES string of the molecule is C=C(/C=C(\C=C\CC)C(C)(C)C)C1CCC(c2cc(N)n(C(C)(C)C)n2)C1. The molecule has 1 aromatic rings. The fraction of sp³-hybridized carbons (Fsp3) is 0.625. The minimum atomic E-state index is -0.0834. The van der Waals surface area contributed by atoms with Crippen LogP contribution in [-0.2, 0) is 5.54 Å². The predicted molar refractivity (Wildman–Crippen MR) is 118 cm³/mol. The van der Waals surface area contributed by atoms with E-state index in [0.717, 1.165) is 30.8 Å². The van der Waals surface area contributed by atoms with Crippen LogP contribution in [0.4, 0.5) is 5.82 Å². The molecule has 0 aliphatic heterocycles. The molecule has 1 fully saturated rings. The van der Waals surface area contributed by atoms with E-state index in [1.54, 1.807) is 0 Å².